The van der Waals surface area contributed by atoms with Gasteiger partial charge in [-0.05, 0) is 36.3 Å². The van der Waals surface area contributed by atoms with Gasteiger partial charge in [0.25, 0.3) is 5.91 Å². The summed E-state index contributed by atoms with van der Waals surface area (Å²) in [5.41, 5.74) is 1.43. The Labute approximate surface area is 151 Å². The second-order valence-corrected chi connectivity index (χ2v) is 5.53. The van der Waals surface area contributed by atoms with Gasteiger partial charge >= 0.3 is 5.97 Å². The summed E-state index contributed by atoms with van der Waals surface area (Å²) in [5.74, 6) is -1.51. The van der Waals surface area contributed by atoms with E-state index in [1.807, 2.05) is 37.3 Å². The molecule has 6 heteroatoms. The number of hydrogen-bond acceptors (Lipinski definition) is 4. The first-order chi connectivity index (χ1) is 12.5. The first kappa shape index (κ1) is 19.2. The molecule has 26 heavy (non-hydrogen) atoms. The summed E-state index contributed by atoms with van der Waals surface area (Å²) < 4.78 is 23.3. The highest BCUT2D eigenvalue weighted by Crippen LogP contribution is 2.18. The van der Waals surface area contributed by atoms with E-state index in [0.29, 0.717) is 5.56 Å². The zero-order chi connectivity index (χ0) is 18.9. The summed E-state index contributed by atoms with van der Waals surface area (Å²) in [7, 11) is 1.37. The fourth-order valence-corrected chi connectivity index (χ4v) is 2.24. The number of esters is 1. The first-order valence-corrected chi connectivity index (χ1v) is 8.02. The molecule has 0 unspecified atom stereocenters. The Hall–Kier alpha value is -3.15. The van der Waals surface area contributed by atoms with Crippen LogP contribution < -0.4 is 10.1 Å². The van der Waals surface area contributed by atoms with Crippen molar-refractivity contribution < 1.29 is 23.5 Å². The Morgan fingerprint density at radius 3 is 2.58 bits per heavy atom. The third-order valence-electron chi connectivity index (χ3n) is 3.61. The standard InChI is InChI=1S/C20H20FNO4/c1-14(16-6-4-3-5-7-16)22-19(23)13-26-20(24)11-9-15-8-10-18(25-2)17(21)12-15/h3-12,14H,13H2,1-2H3,(H,22,23)/b11-9+/t14-/m0/s1. The molecule has 0 saturated carbocycles. The molecule has 0 spiro atoms. The smallest absolute Gasteiger partial charge is 0.331 e. The number of halogens is 1. The third-order valence-corrected chi connectivity index (χ3v) is 3.61. The van der Waals surface area contributed by atoms with Gasteiger partial charge in [-0.25, -0.2) is 9.18 Å². The van der Waals surface area contributed by atoms with Gasteiger partial charge in [-0.15, -0.1) is 0 Å². The second-order valence-electron chi connectivity index (χ2n) is 5.53. The molecule has 1 N–H and O–H groups in total. The average molecular weight is 357 g/mol. The summed E-state index contributed by atoms with van der Waals surface area (Å²) in [6.07, 6.45) is 2.53. The molecule has 2 rings (SSSR count). The number of benzene rings is 2. The van der Waals surface area contributed by atoms with Crippen LogP contribution in [0.15, 0.2) is 54.6 Å². The van der Waals surface area contributed by atoms with Gasteiger partial charge in [-0.2, -0.15) is 0 Å². The van der Waals surface area contributed by atoms with E-state index in [1.165, 1.54) is 25.3 Å². The van der Waals surface area contributed by atoms with Gasteiger partial charge in [0.2, 0.25) is 0 Å². The quantitative estimate of drug-likeness (QED) is 0.610. The lowest BCUT2D eigenvalue weighted by Gasteiger charge is -2.13. The van der Waals surface area contributed by atoms with Crippen molar-refractivity contribution in [1.29, 1.82) is 0 Å². The van der Waals surface area contributed by atoms with Crippen LogP contribution in [0, 0.1) is 5.82 Å². The van der Waals surface area contributed by atoms with E-state index >= 15 is 0 Å². The normalized spacial score (nSPS) is 11.8. The summed E-state index contributed by atoms with van der Waals surface area (Å²) in [5, 5.41) is 2.74. The lowest BCUT2D eigenvalue weighted by Crippen LogP contribution is -2.30. The largest absolute Gasteiger partial charge is 0.494 e. The van der Waals surface area contributed by atoms with E-state index in [4.69, 9.17) is 9.47 Å². The van der Waals surface area contributed by atoms with E-state index in [9.17, 15) is 14.0 Å². The van der Waals surface area contributed by atoms with Crippen molar-refractivity contribution in [2.75, 3.05) is 13.7 Å². The van der Waals surface area contributed by atoms with E-state index in [1.54, 1.807) is 6.07 Å². The van der Waals surface area contributed by atoms with Crippen LogP contribution in [0.25, 0.3) is 6.08 Å². The number of methoxy groups -OCH3 is 1. The zero-order valence-electron chi connectivity index (χ0n) is 14.6. The van der Waals surface area contributed by atoms with Crippen LogP contribution in [0.1, 0.15) is 24.1 Å². The highest BCUT2D eigenvalue weighted by atomic mass is 19.1. The SMILES string of the molecule is COc1ccc(/C=C/C(=O)OCC(=O)N[C@@H](C)c2ccccc2)cc1F. The van der Waals surface area contributed by atoms with Crippen LogP contribution in [-0.4, -0.2) is 25.6 Å². The number of rotatable bonds is 7. The lowest BCUT2D eigenvalue weighted by molar-refractivity contribution is -0.144. The first-order valence-electron chi connectivity index (χ1n) is 8.02. The fraction of sp³-hybridized carbons (Fsp3) is 0.200. The van der Waals surface area contributed by atoms with E-state index < -0.39 is 24.3 Å². The molecule has 5 nitrogen and oxygen atoms in total. The highest BCUT2D eigenvalue weighted by molar-refractivity contribution is 5.89. The summed E-state index contributed by atoms with van der Waals surface area (Å²) >= 11 is 0. The number of amides is 1. The van der Waals surface area contributed by atoms with Crippen LogP contribution in [0.3, 0.4) is 0 Å². The topological polar surface area (TPSA) is 64.6 Å². The molecule has 1 atom stereocenters. The van der Waals surface area contributed by atoms with Gasteiger partial charge in [0, 0.05) is 6.08 Å². The van der Waals surface area contributed by atoms with E-state index in [0.717, 1.165) is 11.6 Å². The van der Waals surface area contributed by atoms with Gasteiger partial charge in [-0.1, -0.05) is 36.4 Å². The third kappa shape index (κ3) is 5.73. The van der Waals surface area contributed by atoms with Crippen molar-refractivity contribution in [1.82, 2.24) is 5.32 Å². The molecule has 0 bridgehead atoms. The number of carbonyl (C=O) groups excluding carboxylic acids is 2. The molecule has 0 aliphatic heterocycles. The van der Waals surface area contributed by atoms with E-state index in [-0.39, 0.29) is 11.8 Å². The summed E-state index contributed by atoms with van der Waals surface area (Å²) in [6.45, 7) is 1.45. The van der Waals surface area contributed by atoms with Gasteiger partial charge in [-0.3, -0.25) is 4.79 Å². The summed E-state index contributed by atoms with van der Waals surface area (Å²) in [4.78, 5) is 23.5. The molecule has 2 aromatic rings. The number of carbonyl (C=O) groups is 2. The number of ether oxygens (including phenoxy) is 2. The van der Waals surface area contributed by atoms with Crippen molar-refractivity contribution in [2.45, 2.75) is 13.0 Å². The average Bonchev–Trinajstić information content (AvgIpc) is 2.65. The molecule has 0 aliphatic rings. The Morgan fingerprint density at radius 1 is 1.19 bits per heavy atom. The van der Waals surface area contributed by atoms with Crippen LogP contribution >= 0.6 is 0 Å². The highest BCUT2D eigenvalue weighted by Gasteiger charge is 2.10. The molecular weight excluding hydrogens is 337 g/mol. The van der Waals surface area contributed by atoms with Crippen LogP contribution in [0.2, 0.25) is 0 Å². The maximum absolute atomic E-state index is 13.6. The minimum Gasteiger partial charge on any atom is -0.494 e. The van der Waals surface area contributed by atoms with Crippen LogP contribution in [0.5, 0.6) is 5.75 Å². The molecule has 0 fully saturated rings. The monoisotopic (exact) mass is 357 g/mol. The lowest BCUT2D eigenvalue weighted by atomic mass is 10.1. The van der Waals surface area contributed by atoms with Crippen LogP contribution in [-0.2, 0) is 14.3 Å². The van der Waals surface area contributed by atoms with Gasteiger partial charge in [0.15, 0.2) is 18.2 Å². The molecule has 2 aromatic carbocycles. The van der Waals surface area contributed by atoms with Crippen molar-refractivity contribution >= 4 is 18.0 Å². The van der Waals surface area contributed by atoms with Crippen LogP contribution in [0.4, 0.5) is 4.39 Å². The molecule has 136 valence electrons. The minimum atomic E-state index is -0.691. The molecule has 0 aromatic heterocycles. The maximum atomic E-state index is 13.6. The Morgan fingerprint density at radius 2 is 1.92 bits per heavy atom. The van der Waals surface area contributed by atoms with Gasteiger partial charge in [0.05, 0.1) is 13.2 Å². The predicted octanol–water partition coefficient (Wildman–Crippen LogP) is 3.27. The summed E-state index contributed by atoms with van der Waals surface area (Å²) in [6, 6.07) is 13.5. The number of nitrogens with one attached hydrogen (secondary N) is 1. The molecule has 1 amide bonds. The Kier molecular flexibility index (Phi) is 6.91. The number of hydrogen-bond donors (Lipinski definition) is 1. The Balaban J connectivity index is 1.80. The Bertz CT molecular complexity index is 790. The molecule has 0 aliphatic carbocycles. The van der Waals surface area contributed by atoms with E-state index in [2.05, 4.69) is 5.32 Å². The molecule has 0 radical (unpaired) electrons. The van der Waals surface area contributed by atoms with Gasteiger partial charge < -0.3 is 14.8 Å². The zero-order valence-corrected chi connectivity index (χ0v) is 14.6. The molecule has 0 saturated heterocycles. The van der Waals surface area contributed by atoms with Crippen molar-refractivity contribution in [3.63, 3.8) is 0 Å². The minimum absolute atomic E-state index is 0.119. The fourth-order valence-electron chi connectivity index (χ4n) is 2.24. The molecular formula is C20H20FNO4. The van der Waals surface area contributed by atoms with Gasteiger partial charge in [0.1, 0.15) is 0 Å². The molecule has 0 heterocycles. The maximum Gasteiger partial charge on any atom is 0.331 e. The van der Waals surface area contributed by atoms with Crippen molar-refractivity contribution in [2.24, 2.45) is 0 Å². The van der Waals surface area contributed by atoms with Crippen molar-refractivity contribution in [3.05, 3.63) is 71.6 Å². The predicted molar refractivity (Wildman–Crippen MR) is 95.9 cm³/mol. The second kappa shape index (κ2) is 9.36. The van der Waals surface area contributed by atoms with Crippen molar-refractivity contribution in [3.8, 4) is 5.75 Å².